The molecule has 6 heteroatoms. The van der Waals surface area contributed by atoms with Gasteiger partial charge in [0.2, 0.25) is 0 Å². The van der Waals surface area contributed by atoms with Crippen molar-refractivity contribution in [2.75, 3.05) is 19.6 Å². The van der Waals surface area contributed by atoms with Crippen LogP contribution in [0.25, 0.3) is 0 Å². The maximum atomic E-state index is 12.1. The zero-order valence-electron chi connectivity index (χ0n) is 11.2. The van der Waals surface area contributed by atoms with Gasteiger partial charge >= 0.3 is 5.69 Å². The van der Waals surface area contributed by atoms with Crippen LogP contribution in [0.2, 0.25) is 0 Å². The smallest absolute Gasteiger partial charge is 0.291 e. The molecule has 0 unspecified atom stereocenters. The van der Waals surface area contributed by atoms with Gasteiger partial charge in [-0.3, -0.25) is 9.47 Å². The van der Waals surface area contributed by atoms with E-state index in [0.29, 0.717) is 18.5 Å². The largest absolute Gasteiger partial charge is 0.345 e. The molecule has 1 aromatic heterocycles. The zero-order chi connectivity index (χ0) is 13.4. The number of hydrogen-bond donors (Lipinski definition) is 0. The van der Waals surface area contributed by atoms with Gasteiger partial charge in [0.15, 0.2) is 0 Å². The van der Waals surface area contributed by atoms with E-state index in [9.17, 15) is 4.79 Å². The first-order valence-electron chi connectivity index (χ1n) is 6.95. The maximum Gasteiger partial charge on any atom is 0.345 e. The van der Waals surface area contributed by atoms with Crippen molar-refractivity contribution >= 4 is 0 Å². The van der Waals surface area contributed by atoms with Crippen LogP contribution in [0.15, 0.2) is 4.79 Å². The Balaban J connectivity index is 1.79. The summed E-state index contributed by atoms with van der Waals surface area (Å²) in [6, 6.07) is 2.58. The summed E-state index contributed by atoms with van der Waals surface area (Å²) in [5.41, 5.74) is 0.0250. The fourth-order valence-corrected chi connectivity index (χ4v) is 2.90. The molecule has 2 aliphatic rings. The summed E-state index contributed by atoms with van der Waals surface area (Å²) in [5, 5.41) is 13.2. The van der Waals surface area contributed by atoms with Gasteiger partial charge in [0.1, 0.15) is 5.82 Å². The predicted molar refractivity (Wildman–Crippen MR) is 69.8 cm³/mol. The van der Waals surface area contributed by atoms with Crippen LogP contribution in [0.3, 0.4) is 0 Å². The normalized spacial score (nSPS) is 21.5. The summed E-state index contributed by atoms with van der Waals surface area (Å²) >= 11 is 0. The molecule has 0 amide bonds. The van der Waals surface area contributed by atoms with Gasteiger partial charge < -0.3 is 0 Å². The highest BCUT2D eigenvalue weighted by Crippen LogP contribution is 2.37. The van der Waals surface area contributed by atoms with Crippen molar-refractivity contribution in [3.05, 3.63) is 16.3 Å². The van der Waals surface area contributed by atoms with E-state index in [4.69, 9.17) is 5.26 Å². The molecule has 0 atom stereocenters. The molecule has 19 heavy (non-hydrogen) atoms. The van der Waals surface area contributed by atoms with Crippen molar-refractivity contribution in [1.29, 1.82) is 5.26 Å². The van der Waals surface area contributed by atoms with E-state index in [1.807, 2.05) is 4.57 Å². The Labute approximate surface area is 112 Å². The summed E-state index contributed by atoms with van der Waals surface area (Å²) in [6.07, 6.45) is 4.19. The Bertz CT molecular complexity index is 555. The van der Waals surface area contributed by atoms with Crippen LogP contribution >= 0.6 is 0 Å². The van der Waals surface area contributed by atoms with Crippen LogP contribution in [0, 0.1) is 11.3 Å². The topological polar surface area (TPSA) is 66.8 Å². The number of aryl methyl sites for hydroxylation is 1. The molecule has 1 aliphatic carbocycles. The summed E-state index contributed by atoms with van der Waals surface area (Å²) < 4.78 is 3.37. The van der Waals surface area contributed by atoms with Crippen molar-refractivity contribution in [2.45, 2.75) is 37.6 Å². The molecule has 2 heterocycles. The van der Waals surface area contributed by atoms with E-state index >= 15 is 0 Å². The Morgan fingerprint density at radius 2 is 2.00 bits per heavy atom. The number of hydrogen-bond acceptors (Lipinski definition) is 4. The SMILES string of the molecule is Cn1nc(C2CCN(CC#N)CC2)n(C2CC2)c1=O. The van der Waals surface area contributed by atoms with Crippen LogP contribution in [-0.4, -0.2) is 38.9 Å². The number of likely N-dealkylation sites (tertiary alicyclic amines) is 1. The molecular formula is C13H19N5O. The number of nitrogens with zero attached hydrogens (tertiary/aromatic N) is 5. The molecule has 1 saturated heterocycles. The third-order valence-corrected chi connectivity index (χ3v) is 4.14. The Hall–Kier alpha value is -1.61. The second-order valence-electron chi connectivity index (χ2n) is 5.57. The van der Waals surface area contributed by atoms with Gasteiger partial charge in [-0.15, -0.1) is 0 Å². The standard InChI is InChI=1S/C13H19N5O/c1-16-13(19)18(11-2-3-11)12(15-16)10-4-7-17(8-5-10)9-6-14/h10-11H,2-5,7-9H2,1H3. The maximum absolute atomic E-state index is 12.1. The molecule has 6 nitrogen and oxygen atoms in total. The van der Waals surface area contributed by atoms with Crippen molar-refractivity contribution in [2.24, 2.45) is 7.05 Å². The van der Waals surface area contributed by atoms with Gasteiger partial charge in [0.25, 0.3) is 0 Å². The third-order valence-electron chi connectivity index (χ3n) is 4.14. The van der Waals surface area contributed by atoms with Gasteiger partial charge in [0, 0.05) is 19.0 Å². The minimum Gasteiger partial charge on any atom is -0.291 e. The molecular weight excluding hydrogens is 242 g/mol. The highest BCUT2D eigenvalue weighted by molar-refractivity contribution is 5.04. The average molecular weight is 261 g/mol. The van der Waals surface area contributed by atoms with Crippen LogP contribution in [0.4, 0.5) is 0 Å². The molecule has 0 bridgehead atoms. The van der Waals surface area contributed by atoms with E-state index in [-0.39, 0.29) is 5.69 Å². The molecule has 1 aliphatic heterocycles. The molecule has 0 radical (unpaired) electrons. The fourth-order valence-electron chi connectivity index (χ4n) is 2.90. The Morgan fingerprint density at radius 1 is 1.32 bits per heavy atom. The van der Waals surface area contributed by atoms with Crippen LogP contribution < -0.4 is 5.69 Å². The van der Waals surface area contributed by atoms with Gasteiger partial charge in [-0.2, -0.15) is 10.4 Å². The Morgan fingerprint density at radius 3 is 2.58 bits per heavy atom. The molecule has 0 aromatic carbocycles. The lowest BCUT2D eigenvalue weighted by Crippen LogP contribution is -2.34. The lowest BCUT2D eigenvalue weighted by molar-refractivity contribution is 0.228. The first-order valence-corrected chi connectivity index (χ1v) is 6.95. The third kappa shape index (κ3) is 2.30. The van der Waals surface area contributed by atoms with E-state index in [1.165, 1.54) is 4.68 Å². The molecule has 0 N–H and O–H groups in total. The van der Waals surface area contributed by atoms with Crippen molar-refractivity contribution < 1.29 is 0 Å². The Kier molecular flexibility index (Phi) is 3.15. The molecule has 3 rings (SSSR count). The predicted octanol–water partition coefficient (Wildman–Crippen LogP) is 0.620. The first-order chi connectivity index (χ1) is 9.20. The van der Waals surface area contributed by atoms with Gasteiger partial charge in [-0.1, -0.05) is 0 Å². The van der Waals surface area contributed by atoms with Crippen molar-refractivity contribution in [1.82, 2.24) is 19.2 Å². The van der Waals surface area contributed by atoms with Crippen LogP contribution in [-0.2, 0) is 7.05 Å². The van der Waals surface area contributed by atoms with Crippen molar-refractivity contribution in [3.8, 4) is 6.07 Å². The van der Waals surface area contributed by atoms with E-state index in [2.05, 4.69) is 16.1 Å². The van der Waals surface area contributed by atoms with E-state index < -0.39 is 0 Å². The number of nitriles is 1. The minimum atomic E-state index is 0.0250. The lowest BCUT2D eigenvalue weighted by Gasteiger charge is -2.29. The quantitative estimate of drug-likeness (QED) is 0.748. The van der Waals surface area contributed by atoms with E-state index in [1.54, 1.807) is 7.05 Å². The van der Waals surface area contributed by atoms with Crippen molar-refractivity contribution in [3.63, 3.8) is 0 Å². The van der Waals surface area contributed by atoms with Crippen LogP contribution in [0.5, 0.6) is 0 Å². The highest BCUT2D eigenvalue weighted by atomic mass is 16.2. The highest BCUT2D eigenvalue weighted by Gasteiger charge is 2.33. The molecule has 102 valence electrons. The minimum absolute atomic E-state index is 0.0250. The summed E-state index contributed by atoms with van der Waals surface area (Å²) in [4.78, 5) is 14.3. The molecule has 0 spiro atoms. The monoisotopic (exact) mass is 261 g/mol. The second kappa shape index (κ2) is 4.82. The van der Waals surface area contributed by atoms with Gasteiger partial charge in [0.05, 0.1) is 12.6 Å². The van der Waals surface area contributed by atoms with Gasteiger partial charge in [-0.25, -0.2) is 9.48 Å². The second-order valence-corrected chi connectivity index (χ2v) is 5.57. The fraction of sp³-hybridized carbons (Fsp3) is 0.769. The van der Waals surface area contributed by atoms with Gasteiger partial charge in [-0.05, 0) is 38.8 Å². The average Bonchev–Trinajstić information content (AvgIpc) is 3.19. The summed E-state index contributed by atoms with van der Waals surface area (Å²) in [6.45, 7) is 2.35. The molecule has 1 aromatic rings. The summed E-state index contributed by atoms with van der Waals surface area (Å²) in [5.74, 6) is 1.33. The number of rotatable bonds is 3. The molecule has 2 fully saturated rings. The number of aromatic nitrogens is 3. The lowest BCUT2D eigenvalue weighted by atomic mass is 9.96. The number of piperidine rings is 1. The summed E-state index contributed by atoms with van der Waals surface area (Å²) in [7, 11) is 1.73. The van der Waals surface area contributed by atoms with Crippen LogP contribution in [0.1, 0.15) is 43.5 Å². The zero-order valence-corrected chi connectivity index (χ0v) is 11.2. The molecule has 1 saturated carbocycles. The van der Waals surface area contributed by atoms with E-state index in [0.717, 1.165) is 44.6 Å². The first kappa shape index (κ1) is 12.4.